The number of amides is 2. The van der Waals surface area contributed by atoms with Crippen molar-refractivity contribution in [3.63, 3.8) is 0 Å². The minimum Gasteiger partial charge on any atom is -0.440 e. The Morgan fingerprint density at radius 3 is 2.22 bits per heavy atom. The largest absolute Gasteiger partial charge is 0.440 e. The maximum absolute atomic E-state index is 12.6. The fraction of sp³-hybridized carbons (Fsp3) is 0.318. The highest BCUT2D eigenvalue weighted by Gasteiger charge is 2.23. The van der Waals surface area contributed by atoms with Crippen molar-refractivity contribution in [2.75, 3.05) is 10.6 Å². The quantitative estimate of drug-likeness (QED) is 0.519. The Bertz CT molecular complexity index is 1260. The Morgan fingerprint density at radius 1 is 1.00 bits per heavy atom. The standard InChI is InChI=1S/C22H26N4O5S/c1-13(26-32(29,30)17-9-6-15(7-10-17)23-14(2)27)20(28)24-16-8-11-19-18(12-16)25-21(31-19)22(3,4)5/h6-13,26H,1-5H3,(H,23,27)(H,24,28)/t13-/m0/s1. The van der Waals surface area contributed by atoms with Crippen molar-refractivity contribution in [2.45, 2.75) is 51.0 Å². The molecule has 3 aromatic rings. The molecule has 0 fully saturated rings. The number of benzene rings is 2. The number of nitrogens with one attached hydrogen (secondary N) is 3. The Morgan fingerprint density at radius 2 is 1.62 bits per heavy atom. The second kappa shape index (κ2) is 8.71. The van der Waals surface area contributed by atoms with Gasteiger partial charge in [0.05, 0.1) is 10.9 Å². The highest BCUT2D eigenvalue weighted by atomic mass is 32.2. The summed E-state index contributed by atoms with van der Waals surface area (Å²) < 4.78 is 33.3. The number of oxazole rings is 1. The third-order valence-corrected chi connectivity index (χ3v) is 6.06. The maximum Gasteiger partial charge on any atom is 0.242 e. The lowest BCUT2D eigenvalue weighted by molar-refractivity contribution is -0.117. The molecule has 0 saturated heterocycles. The van der Waals surface area contributed by atoms with Crippen LogP contribution in [0.4, 0.5) is 11.4 Å². The summed E-state index contributed by atoms with van der Waals surface area (Å²) in [6.07, 6.45) is 0. The van der Waals surface area contributed by atoms with Crippen molar-refractivity contribution in [1.29, 1.82) is 0 Å². The molecule has 32 heavy (non-hydrogen) atoms. The summed E-state index contributed by atoms with van der Waals surface area (Å²) >= 11 is 0. The summed E-state index contributed by atoms with van der Waals surface area (Å²) in [4.78, 5) is 28.1. The molecule has 10 heteroatoms. The van der Waals surface area contributed by atoms with Gasteiger partial charge in [-0.2, -0.15) is 4.72 Å². The van der Waals surface area contributed by atoms with Gasteiger partial charge in [0, 0.05) is 23.7 Å². The first-order valence-electron chi connectivity index (χ1n) is 9.97. The lowest BCUT2D eigenvalue weighted by Crippen LogP contribution is -2.41. The molecule has 9 nitrogen and oxygen atoms in total. The smallest absolute Gasteiger partial charge is 0.242 e. The van der Waals surface area contributed by atoms with Crippen LogP contribution in [0.2, 0.25) is 0 Å². The lowest BCUT2D eigenvalue weighted by Gasteiger charge is -2.15. The fourth-order valence-corrected chi connectivity index (χ4v) is 4.05. The van der Waals surface area contributed by atoms with E-state index in [4.69, 9.17) is 4.42 Å². The van der Waals surface area contributed by atoms with Gasteiger partial charge < -0.3 is 15.1 Å². The molecule has 170 valence electrons. The maximum atomic E-state index is 12.6. The van der Waals surface area contributed by atoms with Crippen LogP contribution in [-0.2, 0) is 25.0 Å². The highest BCUT2D eigenvalue weighted by molar-refractivity contribution is 7.89. The number of anilines is 2. The van der Waals surface area contributed by atoms with Gasteiger partial charge in [0.25, 0.3) is 0 Å². The fourth-order valence-electron chi connectivity index (χ4n) is 2.85. The van der Waals surface area contributed by atoms with Crippen LogP contribution in [0.25, 0.3) is 11.1 Å². The van der Waals surface area contributed by atoms with E-state index >= 15 is 0 Å². The van der Waals surface area contributed by atoms with Gasteiger partial charge in [-0.15, -0.1) is 0 Å². The number of fused-ring (bicyclic) bond motifs is 1. The summed E-state index contributed by atoms with van der Waals surface area (Å²) in [6, 6.07) is 9.66. The summed E-state index contributed by atoms with van der Waals surface area (Å²) in [5, 5.41) is 5.25. The van der Waals surface area contributed by atoms with E-state index in [-0.39, 0.29) is 16.2 Å². The molecule has 1 aromatic heterocycles. The van der Waals surface area contributed by atoms with Crippen LogP contribution in [0, 0.1) is 0 Å². The van der Waals surface area contributed by atoms with Crippen LogP contribution in [0.15, 0.2) is 51.8 Å². The van der Waals surface area contributed by atoms with Gasteiger partial charge in [-0.1, -0.05) is 20.8 Å². The second-order valence-corrected chi connectivity index (χ2v) is 10.2. The molecule has 0 radical (unpaired) electrons. The SMILES string of the molecule is CC(=O)Nc1ccc(S(=O)(=O)N[C@@H](C)C(=O)Nc2ccc3oc(C(C)(C)C)nc3c2)cc1. The predicted molar refractivity (Wildman–Crippen MR) is 122 cm³/mol. The van der Waals surface area contributed by atoms with Crippen LogP contribution in [0.3, 0.4) is 0 Å². The number of hydrogen-bond acceptors (Lipinski definition) is 6. The van der Waals surface area contributed by atoms with Gasteiger partial charge in [0.1, 0.15) is 5.52 Å². The third kappa shape index (κ3) is 5.51. The number of aromatic nitrogens is 1. The average Bonchev–Trinajstić information content (AvgIpc) is 3.11. The van der Waals surface area contributed by atoms with Gasteiger partial charge in [0.15, 0.2) is 5.58 Å². The van der Waals surface area contributed by atoms with E-state index in [1.807, 2.05) is 20.8 Å². The topological polar surface area (TPSA) is 130 Å². The zero-order valence-corrected chi connectivity index (χ0v) is 19.3. The molecule has 2 aromatic carbocycles. The first-order chi connectivity index (χ1) is 14.8. The molecule has 0 saturated carbocycles. The lowest BCUT2D eigenvalue weighted by atomic mass is 9.97. The first kappa shape index (κ1) is 23.4. The molecule has 3 rings (SSSR count). The zero-order valence-electron chi connectivity index (χ0n) is 18.5. The van der Waals surface area contributed by atoms with Gasteiger partial charge >= 0.3 is 0 Å². The van der Waals surface area contributed by atoms with E-state index in [1.165, 1.54) is 38.1 Å². The summed E-state index contributed by atoms with van der Waals surface area (Å²) in [5.41, 5.74) is 1.89. The second-order valence-electron chi connectivity index (χ2n) is 8.49. The van der Waals surface area contributed by atoms with Crippen LogP contribution >= 0.6 is 0 Å². The summed E-state index contributed by atoms with van der Waals surface area (Å²) in [6.45, 7) is 8.77. The minimum atomic E-state index is -3.94. The number of carbonyl (C=O) groups excluding carboxylic acids is 2. The van der Waals surface area contributed by atoms with Crippen LogP contribution in [0.5, 0.6) is 0 Å². The number of nitrogens with zero attached hydrogens (tertiary/aromatic N) is 1. The molecular weight excluding hydrogens is 432 g/mol. The van der Waals surface area contributed by atoms with Gasteiger partial charge in [0.2, 0.25) is 27.7 Å². The van der Waals surface area contributed by atoms with Crippen LogP contribution in [0.1, 0.15) is 40.5 Å². The van der Waals surface area contributed by atoms with Gasteiger partial charge in [-0.25, -0.2) is 13.4 Å². The van der Waals surface area contributed by atoms with E-state index in [9.17, 15) is 18.0 Å². The molecular formula is C22H26N4O5S. The predicted octanol–water partition coefficient (Wildman–Crippen LogP) is 3.39. The van der Waals surface area contributed by atoms with E-state index in [0.29, 0.717) is 28.4 Å². The van der Waals surface area contributed by atoms with Crippen molar-refractivity contribution in [2.24, 2.45) is 0 Å². The van der Waals surface area contributed by atoms with E-state index in [0.717, 1.165) is 0 Å². The number of sulfonamides is 1. The summed E-state index contributed by atoms with van der Waals surface area (Å²) in [7, 11) is -3.94. The van der Waals surface area contributed by atoms with Crippen molar-refractivity contribution in [3.8, 4) is 0 Å². The molecule has 1 heterocycles. The third-order valence-electron chi connectivity index (χ3n) is 4.51. The summed E-state index contributed by atoms with van der Waals surface area (Å²) in [5.74, 6) is -0.202. The molecule has 2 amide bonds. The Labute approximate surface area is 186 Å². The monoisotopic (exact) mass is 458 g/mol. The van der Waals surface area contributed by atoms with Crippen molar-refractivity contribution in [1.82, 2.24) is 9.71 Å². The highest BCUT2D eigenvalue weighted by Crippen LogP contribution is 2.27. The molecule has 1 atom stereocenters. The molecule has 0 aliphatic rings. The molecule has 0 bridgehead atoms. The Kier molecular flexibility index (Phi) is 6.38. The van der Waals surface area contributed by atoms with Gasteiger partial charge in [-0.3, -0.25) is 9.59 Å². The molecule has 0 unspecified atom stereocenters. The minimum absolute atomic E-state index is 0.0232. The van der Waals surface area contributed by atoms with Crippen molar-refractivity contribution in [3.05, 3.63) is 48.4 Å². The van der Waals surface area contributed by atoms with E-state index < -0.39 is 22.0 Å². The molecule has 0 aliphatic carbocycles. The first-order valence-corrected chi connectivity index (χ1v) is 11.5. The Hall–Kier alpha value is -3.24. The van der Waals surface area contributed by atoms with E-state index in [2.05, 4.69) is 20.3 Å². The van der Waals surface area contributed by atoms with Gasteiger partial charge in [-0.05, 0) is 49.4 Å². The van der Waals surface area contributed by atoms with Crippen molar-refractivity contribution >= 4 is 44.3 Å². The van der Waals surface area contributed by atoms with Crippen LogP contribution < -0.4 is 15.4 Å². The number of carbonyl (C=O) groups is 2. The van der Waals surface area contributed by atoms with E-state index in [1.54, 1.807) is 18.2 Å². The number of rotatable bonds is 6. The normalized spacial score (nSPS) is 13.0. The molecule has 3 N–H and O–H groups in total. The number of hydrogen-bond donors (Lipinski definition) is 3. The molecule has 0 spiro atoms. The Balaban J connectivity index is 1.69. The zero-order chi connectivity index (χ0) is 23.7. The molecule has 0 aliphatic heterocycles. The average molecular weight is 459 g/mol. The van der Waals surface area contributed by atoms with Crippen molar-refractivity contribution < 1.29 is 22.4 Å². The van der Waals surface area contributed by atoms with Crippen LogP contribution in [-0.4, -0.2) is 31.3 Å².